The van der Waals surface area contributed by atoms with Crippen molar-refractivity contribution in [2.24, 2.45) is 0 Å². The smallest absolute Gasteiger partial charge is 0.132 e. The van der Waals surface area contributed by atoms with Gasteiger partial charge in [-0.3, -0.25) is 9.88 Å². The molecular formula is C21H21FN2. The summed E-state index contributed by atoms with van der Waals surface area (Å²) in [6, 6.07) is 16.2. The Morgan fingerprint density at radius 1 is 1.12 bits per heavy atom. The van der Waals surface area contributed by atoms with E-state index in [1.165, 1.54) is 30.4 Å². The van der Waals surface area contributed by atoms with Crippen molar-refractivity contribution in [3.05, 3.63) is 77.2 Å². The maximum atomic E-state index is 14.0. The first kappa shape index (κ1) is 15.3. The van der Waals surface area contributed by atoms with E-state index >= 15 is 0 Å². The standard InChI is InChI=1S/C21H21FN2/c1-24(20-10-4-7-15-6-2-3-8-17(15)20)14-16-11-12-19(22)18-9-5-13-23-21(16)18/h2-3,5-6,8-9,11-13,20H,4,7,10,14H2,1H3/t20-/m1/s1. The molecule has 0 fully saturated rings. The SMILES string of the molecule is CN(Cc1ccc(F)c2cccnc12)[C@@H]1CCCc2ccccc21. The molecule has 1 atom stereocenters. The third-order valence-electron chi connectivity index (χ3n) is 5.09. The molecule has 3 aromatic rings. The van der Waals surface area contributed by atoms with Gasteiger partial charge >= 0.3 is 0 Å². The Kier molecular flexibility index (Phi) is 4.03. The zero-order valence-corrected chi connectivity index (χ0v) is 13.9. The Hall–Kier alpha value is -2.26. The molecule has 0 aliphatic heterocycles. The van der Waals surface area contributed by atoms with Crippen molar-refractivity contribution in [3.63, 3.8) is 0 Å². The summed E-state index contributed by atoms with van der Waals surface area (Å²) in [7, 11) is 2.16. The molecule has 1 aromatic heterocycles. The molecule has 2 nitrogen and oxygen atoms in total. The summed E-state index contributed by atoms with van der Waals surface area (Å²) in [5.41, 5.74) is 4.75. The van der Waals surface area contributed by atoms with Gasteiger partial charge in [-0.25, -0.2) is 4.39 Å². The van der Waals surface area contributed by atoms with Crippen molar-refractivity contribution in [1.82, 2.24) is 9.88 Å². The average Bonchev–Trinajstić information content (AvgIpc) is 2.64. The largest absolute Gasteiger partial charge is 0.295 e. The molecule has 1 aliphatic rings. The predicted octanol–water partition coefficient (Wildman–Crippen LogP) is 4.88. The maximum Gasteiger partial charge on any atom is 0.132 e. The molecular weight excluding hydrogens is 299 g/mol. The van der Waals surface area contributed by atoms with Crippen LogP contribution in [-0.4, -0.2) is 16.9 Å². The molecule has 0 spiro atoms. The van der Waals surface area contributed by atoms with Crippen LogP contribution < -0.4 is 0 Å². The lowest BCUT2D eigenvalue weighted by Gasteiger charge is -2.33. The first-order chi connectivity index (χ1) is 11.7. The van der Waals surface area contributed by atoms with Gasteiger partial charge in [0.05, 0.1) is 5.52 Å². The number of rotatable bonds is 3. The number of pyridine rings is 1. The van der Waals surface area contributed by atoms with Gasteiger partial charge in [0, 0.05) is 24.2 Å². The van der Waals surface area contributed by atoms with Gasteiger partial charge in [-0.2, -0.15) is 0 Å². The Morgan fingerprint density at radius 3 is 2.92 bits per heavy atom. The van der Waals surface area contributed by atoms with Crippen LogP contribution in [0.5, 0.6) is 0 Å². The van der Waals surface area contributed by atoms with Crippen molar-refractivity contribution in [1.29, 1.82) is 0 Å². The second kappa shape index (κ2) is 6.33. The highest BCUT2D eigenvalue weighted by Gasteiger charge is 2.24. The quantitative estimate of drug-likeness (QED) is 0.683. The van der Waals surface area contributed by atoms with Crippen LogP contribution in [-0.2, 0) is 13.0 Å². The van der Waals surface area contributed by atoms with Crippen LogP contribution >= 0.6 is 0 Å². The van der Waals surface area contributed by atoms with Gasteiger partial charge in [0.2, 0.25) is 0 Å². The van der Waals surface area contributed by atoms with Gasteiger partial charge in [-0.05, 0) is 61.2 Å². The molecule has 0 bridgehead atoms. The van der Waals surface area contributed by atoms with Crippen LogP contribution in [0.15, 0.2) is 54.7 Å². The predicted molar refractivity (Wildman–Crippen MR) is 95.3 cm³/mol. The Bertz CT molecular complexity index is 875. The van der Waals surface area contributed by atoms with Crippen LogP contribution in [0.3, 0.4) is 0 Å². The van der Waals surface area contributed by atoms with Crippen LogP contribution in [0.2, 0.25) is 0 Å². The van der Waals surface area contributed by atoms with E-state index < -0.39 is 0 Å². The number of hydrogen-bond donors (Lipinski definition) is 0. The van der Waals surface area contributed by atoms with Gasteiger partial charge < -0.3 is 0 Å². The maximum absolute atomic E-state index is 14.0. The fourth-order valence-electron chi connectivity index (χ4n) is 3.89. The second-order valence-corrected chi connectivity index (χ2v) is 6.63. The summed E-state index contributed by atoms with van der Waals surface area (Å²) in [5, 5.41) is 0.604. The van der Waals surface area contributed by atoms with Crippen molar-refractivity contribution in [2.45, 2.75) is 31.8 Å². The fraction of sp³-hybridized carbons (Fsp3) is 0.286. The van der Waals surface area contributed by atoms with Gasteiger partial charge in [-0.1, -0.05) is 30.3 Å². The minimum atomic E-state index is -0.201. The van der Waals surface area contributed by atoms with Gasteiger partial charge in [-0.15, -0.1) is 0 Å². The van der Waals surface area contributed by atoms with Crippen molar-refractivity contribution < 1.29 is 4.39 Å². The number of aromatic nitrogens is 1. The molecule has 0 amide bonds. The summed E-state index contributed by atoms with van der Waals surface area (Å²) < 4.78 is 14.0. The Morgan fingerprint density at radius 2 is 2.00 bits per heavy atom. The van der Waals surface area contributed by atoms with Crippen LogP contribution in [0.25, 0.3) is 10.9 Å². The zero-order chi connectivity index (χ0) is 16.5. The Labute approximate surface area is 141 Å². The van der Waals surface area contributed by atoms with Crippen LogP contribution in [0.1, 0.15) is 35.6 Å². The number of aryl methyl sites for hydroxylation is 1. The summed E-state index contributed by atoms with van der Waals surface area (Å²) in [6.45, 7) is 0.771. The lowest BCUT2D eigenvalue weighted by Crippen LogP contribution is -2.27. The number of nitrogens with zero attached hydrogens (tertiary/aromatic N) is 2. The number of hydrogen-bond acceptors (Lipinski definition) is 2. The van der Waals surface area contributed by atoms with E-state index in [0.717, 1.165) is 17.6 Å². The van der Waals surface area contributed by atoms with Gasteiger partial charge in [0.1, 0.15) is 5.82 Å². The monoisotopic (exact) mass is 320 g/mol. The molecule has 4 rings (SSSR count). The molecule has 0 N–H and O–H groups in total. The van der Waals surface area contributed by atoms with Crippen molar-refractivity contribution in [3.8, 4) is 0 Å². The van der Waals surface area contributed by atoms with Crippen molar-refractivity contribution >= 4 is 10.9 Å². The summed E-state index contributed by atoms with van der Waals surface area (Å²) in [5.74, 6) is -0.201. The van der Waals surface area contributed by atoms with Gasteiger partial charge in [0.25, 0.3) is 0 Å². The van der Waals surface area contributed by atoms with Crippen LogP contribution in [0.4, 0.5) is 4.39 Å². The third kappa shape index (κ3) is 2.69. The molecule has 2 aromatic carbocycles. The molecule has 1 heterocycles. The van der Waals surface area contributed by atoms with Crippen LogP contribution in [0, 0.1) is 5.82 Å². The minimum absolute atomic E-state index is 0.201. The first-order valence-electron chi connectivity index (χ1n) is 8.54. The van der Waals surface area contributed by atoms with E-state index in [1.54, 1.807) is 24.4 Å². The first-order valence-corrected chi connectivity index (χ1v) is 8.54. The summed E-state index contributed by atoms with van der Waals surface area (Å²) >= 11 is 0. The molecule has 24 heavy (non-hydrogen) atoms. The highest BCUT2D eigenvalue weighted by Crippen LogP contribution is 2.34. The topological polar surface area (TPSA) is 16.1 Å². The molecule has 0 saturated heterocycles. The molecule has 0 unspecified atom stereocenters. The zero-order valence-electron chi connectivity index (χ0n) is 13.9. The summed E-state index contributed by atoms with van der Waals surface area (Å²) in [4.78, 5) is 6.79. The average molecular weight is 320 g/mol. The highest BCUT2D eigenvalue weighted by molar-refractivity contribution is 5.82. The highest BCUT2D eigenvalue weighted by atomic mass is 19.1. The van der Waals surface area contributed by atoms with Gasteiger partial charge in [0.15, 0.2) is 0 Å². The molecule has 122 valence electrons. The fourth-order valence-corrected chi connectivity index (χ4v) is 3.89. The molecule has 3 heteroatoms. The summed E-state index contributed by atoms with van der Waals surface area (Å²) in [6.07, 6.45) is 5.29. The number of halogens is 1. The second-order valence-electron chi connectivity index (χ2n) is 6.63. The van der Waals surface area contributed by atoms with Crippen molar-refractivity contribution in [2.75, 3.05) is 7.05 Å². The molecule has 1 aliphatic carbocycles. The van der Waals surface area contributed by atoms with E-state index in [9.17, 15) is 4.39 Å². The lowest BCUT2D eigenvalue weighted by atomic mass is 9.87. The van der Waals surface area contributed by atoms with E-state index in [2.05, 4.69) is 41.2 Å². The molecule has 0 saturated carbocycles. The van der Waals surface area contributed by atoms with E-state index in [4.69, 9.17) is 0 Å². The third-order valence-corrected chi connectivity index (χ3v) is 5.09. The number of benzene rings is 2. The van der Waals surface area contributed by atoms with E-state index in [0.29, 0.717) is 11.4 Å². The molecule has 0 radical (unpaired) electrons. The minimum Gasteiger partial charge on any atom is -0.295 e. The van der Waals surface area contributed by atoms with E-state index in [-0.39, 0.29) is 5.82 Å². The normalized spacial score (nSPS) is 17.2. The Balaban J connectivity index is 1.66. The lowest BCUT2D eigenvalue weighted by molar-refractivity contribution is 0.214. The van der Waals surface area contributed by atoms with E-state index in [1.807, 2.05) is 6.07 Å². The number of fused-ring (bicyclic) bond motifs is 2.